The van der Waals surface area contributed by atoms with Gasteiger partial charge in [0.2, 0.25) is 0 Å². The van der Waals surface area contributed by atoms with E-state index in [2.05, 4.69) is 17.1 Å². The minimum Gasteiger partial charge on any atom is -0.294 e. The third-order valence-corrected chi connectivity index (χ3v) is 5.07. The van der Waals surface area contributed by atoms with Crippen molar-refractivity contribution in [2.45, 2.75) is 13.3 Å². The number of aryl methyl sites for hydroxylation is 1. The lowest BCUT2D eigenvalue weighted by Crippen LogP contribution is -2.09. The Morgan fingerprint density at radius 2 is 1.53 bits per heavy atom. The number of hydrogen-bond acceptors (Lipinski definition) is 2. The summed E-state index contributed by atoms with van der Waals surface area (Å²) in [5.41, 5.74) is 5.31. The number of rotatable bonds is 5. The van der Waals surface area contributed by atoms with Gasteiger partial charge in [-0.05, 0) is 59.5 Å². The van der Waals surface area contributed by atoms with E-state index >= 15 is 0 Å². The fraction of sp³-hybridized carbons (Fsp3) is 0.0769. The molecular formula is C26H19F2NO. The van der Waals surface area contributed by atoms with Crippen LogP contribution in [-0.2, 0) is 6.42 Å². The molecular weight excluding hydrogens is 380 g/mol. The molecule has 4 heteroatoms. The second kappa shape index (κ2) is 8.37. The second-order valence-corrected chi connectivity index (χ2v) is 7.14. The van der Waals surface area contributed by atoms with Crippen molar-refractivity contribution in [2.24, 2.45) is 0 Å². The molecule has 0 atom stereocenters. The van der Waals surface area contributed by atoms with E-state index in [0.29, 0.717) is 5.56 Å². The molecule has 1 aromatic heterocycles. The fourth-order valence-corrected chi connectivity index (χ4v) is 3.47. The molecule has 0 radical (unpaired) electrons. The third kappa shape index (κ3) is 4.03. The van der Waals surface area contributed by atoms with Gasteiger partial charge >= 0.3 is 0 Å². The van der Waals surface area contributed by atoms with Gasteiger partial charge < -0.3 is 0 Å². The van der Waals surface area contributed by atoms with Gasteiger partial charge in [0, 0.05) is 18.2 Å². The SMILES string of the molecule is Cc1ccc(-c2ccccn2)cc1-c1ccc(CC(=O)c2c(F)cccc2F)cc1. The summed E-state index contributed by atoms with van der Waals surface area (Å²) in [5, 5.41) is 0. The van der Waals surface area contributed by atoms with Crippen LogP contribution in [0.25, 0.3) is 22.4 Å². The summed E-state index contributed by atoms with van der Waals surface area (Å²) in [5.74, 6) is -2.25. The van der Waals surface area contributed by atoms with E-state index in [-0.39, 0.29) is 6.42 Å². The van der Waals surface area contributed by atoms with Crippen LogP contribution >= 0.6 is 0 Å². The molecule has 0 amide bonds. The van der Waals surface area contributed by atoms with Gasteiger partial charge in [-0.1, -0.05) is 48.5 Å². The van der Waals surface area contributed by atoms with Crippen LogP contribution in [0.4, 0.5) is 8.78 Å². The van der Waals surface area contributed by atoms with E-state index in [1.54, 1.807) is 6.20 Å². The Morgan fingerprint density at radius 3 is 2.20 bits per heavy atom. The summed E-state index contributed by atoms with van der Waals surface area (Å²) < 4.78 is 27.7. The first-order chi connectivity index (χ1) is 14.5. The predicted molar refractivity (Wildman–Crippen MR) is 114 cm³/mol. The van der Waals surface area contributed by atoms with Gasteiger partial charge in [-0.2, -0.15) is 0 Å². The molecule has 148 valence electrons. The quantitative estimate of drug-likeness (QED) is 0.362. The van der Waals surface area contributed by atoms with E-state index in [9.17, 15) is 13.6 Å². The van der Waals surface area contributed by atoms with Crippen molar-refractivity contribution in [2.75, 3.05) is 0 Å². The van der Waals surface area contributed by atoms with Gasteiger partial charge in [0.05, 0.1) is 11.3 Å². The molecule has 0 saturated heterocycles. The average molecular weight is 399 g/mol. The minimum absolute atomic E-state index is 0.0644. The molecule has 0 saturated carbocycles. The van der Waals surface area contributed by atoms with Crippen molar-refractivity contribution in [3.05, 3.63) is 113 Å². The maximum atomic E-state index is 13.8. The summed E-state index contributed by atoms with van der Waals surface area (Å²) in [6, 6.07) is 22.9. The van der Waals surface area contributed by atoms with E-state index in [1.807, 2.05) is 55.5 Å². The lowest BCUT2D eigenvalue weighted by molar-refractivity contribution is 0.0985. The molecule has 4 rings (SSSR count). The summed E-state index contributed by atoms with van der Waals surface area (Å²) in [6.07, 6.45) is 1.70. The van der Waals surface area contributed by atoms with E-state index in [1.165, 1.54) is 6.07 Å². The largest absolute Gasteiger partial charge is 0.294 e. The lowest BCUT2D eigenvalue weighted by Gasteiger charge is -2.10. The predicted octanol–water partition coefficient (Wildman–Crippen LogP) is 6.43. The third-order valence-electron chi connectivity index (χ3n) is 5.07. The Hall–Kier alpha value is -3.66. The number of aromatic nitrogens is 1. The highest BCUT2D eigenvalue weighted by Gasteiger charge is 2.17. The zero-order valence-electron chi connectivity index (χ0n) is 16.4. The first-order valence-electron chi connectivity index (χ1n) is 9.61. The average Bonchev–Trinajstić information content (AvgIpc) is 2.75. The molecule has 1 heterocycles. The van der Waals surface area contributed by atoms with E-state index in [0.717, 1.165) is 40.1 Å². The minimum atomic E-state index is -0.835. The second-order valence-electron chi connectivity index (χ2n) is 7.14. The van der Waals surface area contributed by atoms with Crippen molar-refractivity contribution in [3.63, 3.8) is 0 Å². The monoisotopic (exact) mass is 399 g/mol. The number of Topliss-reactive ketones (excluding diaryl/α,β-unsaturated/α-hetero) is 1. The van der Waals surface area contributed by atoms with Crippen molar-refractivity contribution >= 4 is 5.78 Å². The van der Waals surface area contributed by atoms with Gasteiger partial charge in [-0.15, -0.1) is 0 Å². The van der Waals surface area contributed by atoms with Crippen LogP contribution in [-0.4, -0.2) is 10.8 Å². The van der Waals surface area contributed by atoms with Crippen LogP contribution in [0.15, 0.2) is 85.1 Å². The fourth-order valence-electron chi connectivity index (χ4n) is 3.47. The van der Waals surface area contributed by atoms with Gasteiger partial charge in [-0.25, -0.2) is 8.78 Å². The van der Waals surface area contributed by atoms with Crippen molar-refractivity contribution in [3.8, 4) is 22.4 Å². The molecule has 3 aromatic carbocycles. The van der Waals surface area contributed by atoms with Crippen molar-refractivity contribution in [1.82, 2.24) is 4.98 Å². The summed E-state index contributed by atoms with van der Waals surface area (Å²) in [7, 11) is 0. The Morgan fingerprint density at radius 1 is 0.833 bits per heavy atom. The van der Waals surface area contributed by atoms with Crippen LogP contribution in [0.2, 0.25) is 0 Å². The van der Waals surface area contributed by atoms with Gasteiger partial charge in [0.25, 0.3) is 0 Å². The topological polar surface area (TPSA) is 30.0 Å². The summed E-state index contributed by atoms with van der Waals surface area (Å²) >= 11 is 0. The standard InChI is InChI=1S/C26H19F2NO/c1-17-8-11-20(24-7-2-3-14-29-24)16-21(17)19-12-9-18(10-13-19)15-25(30)26-22(27)5-4-6-23(26)28/h2-14,16H,15H2,1H3. The van der Waals surface area contributed by atoms with Gasteiger partial charge in [0.15, 0.2) is 5.78 Å². The molecule has 0 aliphatic carbocycles. The molecule has 0 bridgehead atoms. The smallest absolute Gasteiger partial charge is 0.173 e. The van der Waals surface area contributed by atoms with Crippen LogP contribution < -0.4 is 0 Å². The van der Waals surface area contributed by atoms with Crippen LogP contribution in [0.1, 0.15) is 21.5 Å². The molecule has 4 aromatic rings. The number of ketones is 1. The Labute approximate surface area is 173 Å². The number of halogens is 2. The lowest BCUT2D eigenvalue weighted by atomic mass is 9.95. The van der Waals surface area contributed by atoms with Crippen molar-refractivity contribution in [1.29, 1.82) is 0 Å². The zero-order chi connectivity index (χ0) is 21.1. The number of carbonyl (C=O) groups excluding carboxylic acids is 1. The number of pyridine rings is 1. The number of hydrogen-bond donors (Lipinski definition) is 0. The normalized spacial score (nSPS) is 10.8. The highest BCUT2D eigenvalue weighted by Crippen LogP contribution is 2.29. The van der Waals surface area contributed by atoms with Gasteiger partial charge in [-0.3, -0.25) is 9.78 Å². The first-order valence-corrected chi connectivity index (χ1v) is 9.61. The molecule has 0 aliphatic heterocycles. The van der Waals surface area contributed by atoms with Crippen LogP contribution in [0, 0.1) is 18.6 Å². The van der Waals surface area contributed by atoms with Crippen molar-refractivity contribution < 1.29 is 13.6 Å². The first kappa shape index (κ1) is 19.6. The maximum absolute atomic E-state index is 13.8. The molecule has 0 spiro atoms. The number of carbonyl (C=O) groups is 1. The summed E-state index contributed by atoms with van der Waals surface area (Å²) in [6.45, 7) is 2.04. The van der Waals surface area contributed by atoms with Crippen LogP contribution in [0.5, 0.6) is 0 Å². The Kier molecular flexibility index (Phi) is 5.48. The molecule has 30 heavy (non-hydrogen) atoms. The number of benzene rings is 3. The maximum Gasteiger partial charge on any atom is 0.173 e. The van der Waals surface area contributed by atoms with Crippen LogP contribution in [0.3, 0.4) is 0 Å². The summed E-state index contributed by atoms with van der Waals surface area (Å²) in [4.78, 5) is 16.8. The van der Waals surface area contributed by atoms with E-state index in [4.69, 9.17) is 0 Å². The molecule has 2 nitrogen and oxygen atoms in total. The molecule has 0 N–H and O–H groups in total. The molecule has 0 fully saturated rings. The molecule has 0 unspecified atom stereocenters. The van der Waals surface area contributed by atoms with E-state index < -0.39 is 23.0 Å². The van der Waals surface area contributed by atoms with Gasteiger partial charge in [0.1, 0.15) is 11.6 Å². The molecule has 0 aliphatic rings. The highest BCUT2D eigenvalue weighted by molar-refractivity contribution is 5.98. The highest BCUT2D eigenvalue weighted by atomic mass is 19.1. The zero-order valence-corrected chi connectivity index (χ0v) is 16.4. The Bertz CT molecular complexity index is 1180. The Balaban J connectivity index is 1.59. The number of nitrogens with zero attached hydrogens (tertiary/aromatic N) is 1.